The molecule has 2 rings (SSSR count). The molecule has 2 fully saturated rings. The first-order valence-electron chi connectivity index (χ1n) is 9.78. The summed E-state index contributed by atoms with van der Waals surface area (Å²) in [5.74, 6) is 0. The van der Waals surface area contributed by atoms with E-state index in [1.807, 2.05) is 0 Å². The maximum Gasteiger partial charge on any atom is 0.0679 e. The summed E-state index contributed by atoms with van der Waals surface area (Å²) in [5.41, 5.74) is -0.426. The van der Waals surface area contributed by atoms with Crippen molar-refractivity contribution in [3.05, 3.63) is 0 Å². The van der Waals surface area contributed by atoms with Crippen LogP contribution < -0.4 is 5.32 Å². The highest BCUT2D eigenvalue weighted by Gasteiger charge is 2.40. The van der Waals surface area contributed by atoms with Crippen molar-refractivity contribution in [2.45, 2.75) is 108 Å². The van der Waals surface area contributed by atoms with Gasteiger partial charge in [0.1, 0.15) is 0 Å². The largest absolute Gasteiger partial charge is 0.390 e. The van der Waals surface area contributed by atoms with Crippen molar-refractivity contribution in [3.63, 3.8) is 0 Å². The molecule has 0 radical (unpaired) electrons. The third-order valence-electron chi connectivity index (χ3n) is 5.36. The van der Waals surface area contributed by atoms with Crippen LogP contribution in [0.25, 0.3) is 0 Å². The summed E-state index contributed by atoms with van der Waals surface area (Å²) < 4.78 is 5.56. The highest BCUT2D eigenvalue weighted by molar-refractivity contribution is 4.97. The predicted octanol–water partition coefficient (Wildman–Crippen LogP) is 4.18. The molecule has 0 saturated carbocycles. The van der Waals surface area contributed by atoms with Crippen LogP contribution in [0.5, 0.6) is 0 Å². The maximum atomic E-state index is 10.8. The van der Waals surface area contributed by atoms with Gasteiger partial charge >= 0.3 is 0 Å². The minimum absolute atomic E-state index is 0.376. The van der Waals surface area contributed by atoms with E-state index >= 15 is 0 Å². The average Bonchev–Trinajstić information content (AvgIpc) is 2.48. The van der Waals surface area contributed by atoms with Gasteiger partial charge in [-0.05, 0) is 19.3 Å². The maximum absolute atomic E-state index is 10.8. The van der Waals surface area contributed by atoms with Gasteiger partial charge in [-0.15, -0.1) is 0 Å². The lowest BCUT2D eigenvalue weighted by Crippen LogP contribution is -2.59. The molecule has 2 atom stereocenters. The second-order valence-electron chi connectivity index (χ2n) is 7.66. The van der Waals surface area contributed by atoms with Gasteiger partial charge in [0.05, 0.1) is 18.8 Å². The van der Waals surface area contributed by atoms with E-state index in [2.05, 4.69) is 12.2 Å². The lowest BCUT2D eigenvalue weighted by atomic mass is 9.79. The van der Waals surface area contributed by atoms with Crippen LogP contribution in [0.15, 0.2) is 0 Å². The quantitative estimate of drug-likeness (QED) is 0.562. The Morgan fingerprint density at radius 3 is 1.91 bits per heavy atom. The number of ether oxygens (including phenoxy) is 1. The molecule has 2 aliphatic rings. The van der Waals surface area contributed by atoms with Gasteiger partial charge in [0.25, 0.3) is 0 Å². The van der Waals surface area contributed by atoms with Crippen LogP contribution in [-0.4, -0.2) is 36.0 Å². The third-order valence-corrected chi connectivity index (χ3v) is 5.36. The number of unbranched alkanes of at least 4 members (excludes halogenated alkanes) is 9. The standard InChI is InChI=1S/C19H37NO2/c1-2-3-4-5-6-7-8-9-10-11-12-19(21)13-17-15-22-16-18(14-19)20-17/h17-18,20-21H,2-16H2,1H3. The first-order chi connectivity index (χ1) is 10.7. The highest BCUT2D eigenvalue weighted by Crippen LogP contribution is 2.32. The zero-order valence-corrected chi connectivity index (χ0v) is 14.6. The molecule has 0 aromatic rings. The summed E-state index contributed by atoms with van der Waals surface area (Å²) in [6.07, 6.45) is 16.3. The lowest BCUT2D eigenvalue weighted by molar-refractivity contribution is -0.0808. The van der Waals surface area contributed by atoms with Crippen LogP contribution in [0.1, 0.15) is 90.4 Å². The summed E-state index contributed by atoms with van der Waals surface area (Å²) in [6.45, 7) is 3.82. The molecule has 2 heterocycles. The Morgan fingerprint density at radius 1 is 0.864 bits per heavy atom. The topological polar surface area (TPSA) is 41.5 Å². The van der Waals surface area contributed by atoms with Gasteiger partial charge in [0.15, 0.2) is 0 Å². The summed E-state index contributed by atoms with van der Waals surface area (Å²) >= 11 is 0. The molecule has 2 unspecified atom stereocenters. The number of hydrogen-bond acceptors (Lipinski definition) is 3. The Bertz CT molecular complexity index is 283. The zero-order chi connectivity index (χ0) is 15.7. The van der Waals surface area contributed by atoms with Gasteiger partial charge in [-0.1, -0.05) is 71.1 Å². The second kappa shape index (κ2) is 9.89. The van der Waals surface area contributed by atoms with E-state index in [0.29, 0.717) is 12.1 Å². The Labute approximate surface area is 137 Å². The van der Waals surface area contributed by atoms with Crippen molar-refractivity contribution in [2.24, 2.45) is 0 Å². The normalized spacial score (nSPS) is 31.4. The van der Waals surface area contributed by atoms with Crippen molar-refractivity contribution in [1.82, 2.24) is 5.32 Å². The van der Waals surface area contributed by atoms with Crippen LogP contribution in [0.3, 0.4) is 0 Å². The van der Waals surface area contributed by atoms with Crippen molar-refractivity contribution in [2.75, 3.05) is 13.2 Å². The first kappa shape index (κ1) is 18.2. The molecular formula is C19H37NO2. The van der Waals surface area contributed by atoms with Crippen LogP contribution in [-0.2, 0) is 4.74 Å². The van der Waals surface area contributed by atoms with E-state index in [1.165, 1.54) is 64.2 Å². The summed E-state index contributed by atoms with van der Waals surface area (Å²) in [5, 5.41) is 14.4. The van der Waals surface area contributed by atoms with Crippen molar-refractivity contribution in [3.8, 4) is 0 Å². The Balaban J connectivity index is 1.46. The monoisotopic (exact) mass is 311 g/mol. The van der Waals surface area contributed by atoms with Gasteiger partial charge in [-0.25, -0.2) is 0 Å². The minimum atomic E-state index is -0.426. The van der Waals surface area contributed by atoms with Crippen molar-refractivity contribution in [1.29, 1.82) is 0 Å². The molecule has 22 heavy (non-hydrogen) atoms. The number of fused-ring (bicyclic) bond motifs is 2. The van der Waals surface area contributed by atoms with Crippen LogP contribution in [0.4, 0.5) is 0 Å². The molecule has 0 spiro atoms. The number of nitrogens with one attached hydrogen (secondary N) is 1. The fourth-order valence-electron chi connectivity index (χ4n) is 4.16. The Hall–Kier alpha value is -0.120. The fraction of sp³-hybridized carbons (Fsp3) is 1.00. The third kappa shape index (κ3) is 6.55. The number of hydrogen-bond donors (Lipinski definition) is 2. The van der Waals surface area contributed by atoms with Gasteiger partial charge < -0.3 is 15.2 Å². The second-order valence-corrected chi connectivity index (χ2v) is 7.66. The molecule has 3 heteroatoms. The van der Waals surface area contributed by atoms with Gasteiger partial charge in [-0.3, -0.25) is 0 Å². The fourth-order valence-corrected chi connectivity index (χ4v) is 4.16. The van der Waals surface area contributed by atoms with Gasteiger partial charge in [0, 0.05) is 12.1 Å². The molecule has 0 aliphatic carbocycles. The van der Waals surface area contributed by atoms with Crippen LogP contribution >= 0.6 is 0 Å². The summed E-state index contributed by atoms with van der Waals surface area (Å²) in [4.78, 5) is 0. The van der Waals surface area contributed by atoms with E-state index in [-0.39, 0.29) is 0 Å². The van der Waals surface area contributed by atoms with E-state index in [1.54, 1.807) is 0 Å². The first-order valence-corrected chi connectivity index (χ1v) is 9.78. The van der Waals surface area contributed by atoms with Crippen LogP contribution in [0.2, 0.25) is 0 Å². The SMILES string of the molecule is CCCCCCCCCCCCC1(O)CC2COCC(C1)N2. The number of aliphatic hydroxyl groups is 1. The molecule has 0 aromatic carbocycles. The molecule has 130 valence electrons. The number of morpholine rings is 1. The van der Waals surface area contributed by atoms with Crippen molar-refractivity contribution < 1.29 is 9.84 Å². The molecule has 2 bridgehead atoms. The van der Waals surface area contributed by atoms with E-state index < -0.39 is 5.60 Å². The summed E-state index contributed by atoms with van der Waals surface area (Å²) in [7, 11) is 0. The van der Waals surface area contributed by atoms with Gasteiger partial charge in [0.2, 0.25) is 0 Å². The Morgan fingerprint density at radius 2 is 1.36 bits per heavy atom. The van der Waals surface area contributed by atoms with E-state index in [0.717, 1.165) is 32.5 Å². The molecule has 0 amide bonds. The average molecular weight is 312 g/mol. The van der Waals surface area contributed by atoms with Crippen molar-refractivity contribution >= 4 is 0 Å². The molecule has 2 N–H and O–H groups in total. The molecule has 2 aliphatic heterocycles. The lowest BCUT2D eigenvalue weighted by Gasteiger charge is -2.45. The molecular weight excluding hydrogens is 274 g/mol. The van der Waals surface area contributed by atoms with Gasteiger partial charge in [-0.2, -0.15) is 0 Å². The van der Waals surface area contributed by atoms with E-state index in [4.69, 9.17) is 4.74 Å². The smallest absolute Gasteiger partial charge is 0.0679 e. The highest BCUT2D eigenvalue weighted by atomic mass is 16.5. The summed E-state index contributed by atoms with van der Waals surface area (Å²) in [6, 6.07) is 0.751. The molecule has 0 aromatic heterocycles. The zero-order valence-electron chi connectivity index (χ0n) is 14.6. The number of rotatable bonds is 11. The van der Waals surface area contributed by atoms with E-state index in [9.17, 15) is 5.11 Å². The van der Waals surface area contributed by atoms with Crippen LogP contribution in [0, 0.1) is 0 Å². The number of piperidine rings is 1. The molecule has 2 saturated heterocycles. The molecule has 3 nitrogen and oxygen atoms in total. The Kier molecular flexibility index (Phi) is 8.19. The predicted molar refractivity (Wildman–Crippen MR) is 92.2 cm³/mol. The minimum Gasteiger partial charge on any atom is -0.390 e.